The number of rotatable bonds is 5. The Morgan fingerprint density at radius 1 is 0.867 bits per heavy atom. The van der Waals surface area contributed by atoms with Crippen LogP contribution in [-0.2, 0) is 0 Å². The van der Waals surface area contributed by atoms with Crippen LogP contribution in [0, 0.1) is 0 Å². The highest BCUT2D eigenvalue weighted by atomic mass is 16.5. The molecule has 0 saturated carbocycles. The van der Waals surface area contributed by atoms with Crippen LogP contribution in [0.15, 0.2) is 54.9 Å². The van der Waals surface area contributed by atoms with E-state index in [1.807, 2.05) is 42.6 Å². The average molecular weight is 401 g/mol. The van der Waals surface area contributed by atoms with Crippen molar-refractivity contribution >= 4 is 16.6 Å². The van der Waals surface area contributed by atoms with Crippen molar-refractivity contribution in [2.24, 2.45) is 0 Å². The maximum Gasteiger partial charge on any atom is 0.203 e. The average Bonchev–Trinajstić information content (AvgIpc) is 3.43. The molecule has 8 heteroatoms. The molecule has 0 unspecified atom stereocenters. The fourth-order valence-electron chi connectivity index (χ4n) is 3.54. The van der Waals surface area contributed by atoms with Gasteiger partial charge < -0.3 is 19.2 Å². The smallest absolute Gasteiger partial charge is 0.203 e. The second-order valence-electron chi connectivity index (χ2n) is 6.67. The van der Waals surface area contributed by atoms with Crippen molar-refractivity contribution in [1.82, 2.24) is 24.6 Å². The molecule has 0 atom stereocenters. The number of nitrogens with one attached hydrogen (secondary N) is 1. The zero-order valence-electron chi connectivity index (χ0n) is 16.7. The van der Waals surface area contributed by atoms with Gasteiger partial charge in [-0.3, -0.25) is 0 Å². The highest BCUT2D eigenvalue weighted by Gasteiger charge is 2.18. The van der Waals surface area contributed by atoms with Gasteiger partial charge in [-0.1, -0.05) is 0 Å². The number of hydrogen-bond donors (Lipinski definition) is 1. The van der Waals surface area contributed by atoms with Crippen molar-refractivity contribution in [3.05, 3.63) is 54.9 Å². The Bertz CT molecular complexity index is 1350. The summed E-state index contributed by atoms with van der Waals surface area (Å²) in [4.78, 5) is 12.4. The second-order valence-corrected chi connectivity index (χ2v) is 6.67. The van der Waals surface area contributed by atoms with Gasteiger partial charge in [-0.2, -0.15) is 4.52 Å². The molecular weight excluding hydrogens is 382 g/mol. The van der Waals surface area contributed by atoms with E-state index in [0.717, 1.165) is 22.0 Å². The van der Waals surface area contributed by atoms with Crippen LogP contribution in [0.3, 0.4) is 0 Å². The molecule has 3 aromatic heterocycles. The molecule has 3 heterocycles. The number of H-pyrrole nitrogens is 1. The maximum absolute atomic E-state index is 5.48. The topological polar surface area (TPSA) is 86.6 Å². The predicted octanol–water partition coefficient (Wildman–Crippen LogP) is 3.97. The van der Waals surface area contributed by atoms with E-state index in [0.29, 0.717) is 34.5 Å². The Balaban J connectivity index is 1.67. The van der Waals surface area contributed by atoms with Gasteiger partial charge in [-0.15, -0.1) is 5.10 Å². The number of methoxy groups -OCH3 is 3. The van der Waals surface area contributed by atoms with E-state index in [4.69, 9.17) is 24.3 Å². The number of aromatic nitrogens is 5. The largest absolute Gasteiger partial charge is 0.493 e. The molecule has 0 aliphatic rings. The number of hydrogen-bond acceptors (Lipinski definition) is 6. The van der Waals surface area contributed by atoms with Crippen LogP contribution >= 0.6 is 0 Å². The van der Waals surface area contributed by atoms with Crippen LogP contribution in [0.5, 0.6) is 17.2 Å². The van der Waals surface area contributed by atoms with Crippen LogP contribution in [0.25, 0.3) is 39.3 Å². The van der Waals surface area contributed by atoms with Crippen molar-refractivity contribution < 1.29 is 14.2 Å². The molecule has 0 amide bonds. The summed E-state index contributed by atoms with van der Waals surface area (Å²) in [6.07, 6.45) is 3.62. The van der Waals surface area contributed by atoms with Crippen molar-refractivity contribution in [3.63, 3.8) is 0 Å². The molecule has 1 N–H and O–H groups in total. The molecule has 0 bridgehead atoms. The number of nitrogens with zero attached hydrogens (tertiary/aromatic N) is 4. The number of ether oxygens (including phenoxy) is 3. The van der Waals surface area contributed by atoms with E-state index < -0.39 is 0 Å². The van der Waals surface area contributed by atoms with Crippen LogP contribution < -0.4 is 14.2 Å². The summed E-state index contributed by atoms with van der Waals surface area (Å²) in [6, 6.07) is 13.6. The second kappa shape index (κ2) is 7.07. The summed E-state index contributed by atoms with van der Waals surface area (Å²) in [5.74, 6) is 2.86. The fraction of sp³-hybridized carbons (Fsp3) is 0.136. The zero-order chi connectivity index (χ0) is 20.7. The van der Waals surface area contributed by atoms with Crippen molar-refractivity contribution in [2.45, 2.75) is 0 Å². The predicted molar refractivity (Wildman–Crippen MR) is 113 cm³/mol. The minimum atomic E-state index is 0.523. The van der Waals surface area contributed by atoms with E-state index >= 15 is 0 Å². The van der Waals surface area contributed by atoms with E-state index in [-0.39, 0.29) is 0 Å². The number of benzene rings is 2. The molecule has 0 spiro atoms. The minimum absolute atomic E-state index is 0.523. The Kier molecular flexibility index (Phi) is 4.24. The summed E-state index contributed by atoms with van der Waals surface area (Å²) >= 11 is 0. The van der Waals surface area contributed by atoms with E-state index in [2.05, 4.69) is 16.0 Å². The van der Waals surface area contributed by atoms with Gasteiger partial charge in [0.1, 0.15) is 0 Å². The molecule has 8 nitrogen and oxygen atoms in total. The molecule has 2 aromatic carbocycles. The van der Waals surface area contributed by atoms with E-state index in [9.17, 15) is 0 Å². The van der Waals surface area contributed by atoms with Gasteiger partial charge in [0.05, 0.1) is 21.3 Å². The summed E-state index contributed by atoms with van der Waals surface area (Å²) in [5, 5.41) is 5.83. The minimum Gasteiger partial charge on any atom is -0.493 e. The quantitative estimate of drug-likeness (QED) is 0.480. The summed E-state index contributed by atoms with van der Waals surface area (Å²) in [7, 11) is 4.74. The Morgan fingerprint density at radius 2 is 1.67 bits per heavy atom. The number of aromatic amines is 1. The maximum atomic E-state index is 5.48. The van der Waals surface area contributed by atoms with Crippen LogP contribution in [-0.4, -0.2) is 45.9 Å². The first-order chi connectivity index (χ1) is 14.7. The summed E-state index contributed by atoms with van der Waals surface area (Å²) in [5.41, 5.74) is 3.47. The Labute approximate surface area is 172 Å². The SMILES string of the molecule is COc1cc(-c2nccc3nc(-c4ccc5[nH]ccc5c4)nn23)cc(OC)c1OC. The van der Waals surface area contributed by atoms with Gasteiger partial charge in [-0.05, 0) is 36.4 Å². The highest BCUT2D eigenvalue weighted by Crippen LogP contribution is 2.40. The highest BCUT2D eigenvalue weighted by molar-refractivity contribution is 5.84. The molecule has 150 valence electrons. The molecule has 0 radical (unpaired) electrons. The lowest BCUT2D eigenvalue weighted by Crippen LogP contribution is -2.00. The third-order valence-electron chi connectivity index (χ3n) is 4.99. The lowest BCUT2D eigenvalue weighted by molar-refractivity contribution is 0.324. The third kappa shape index (κ3) is 2.81. The van der Waals surface area contributed by atoms with Gasteiger partial charge in [0.25, 0.3) is 0 Å². The van der Waals surface area contributed by atoms with Gasteiger partial charge in [0.15, 0.2) is 28.8 Å². The molecule has 0 aliphatic carbocycles. The lowest BCUT2D eigenvalue weighted by atomic mass is 10.1. The first-order valence-corrected chi connectivity index (χ1v) is 9.31. The number of fused-ring (bicyclic) bond motifs is 2. The molecule has 30 heavy (non-hydrogen) atoms. The van der Waals surface area contributed by atoms with Crippen LogP contribution in [0.1, 0.15) is 0 Å². The third-order valence-corrected chi connectivity index (χ3v) is 4.99. The Hall–Kier alpha value is -4.07. The zero-order valence-corrected chi connectivity index (χ0v) is 16.7. The van der Waals surface area contributed by atoms with Crippen molar-refractivity contribution in [3.8, 4) is 40.0 Å². The van der Waals surface area contributed by atoms with Crippen LogP contribution in [0.4, 0.5) is 0 Å². The fourth-order valence-corrected chi connectivity index (χ4v) is 3.54. The standard InChI is InChI=1S/C22H19N5O3/c1-28-17-11-15(12-18(29-2)20(17)30-3)22-24-9-7-19-25-21(26-27(19)22)14-4-5-16-13(10-14)6-8-23-16/h4-12,23H,1-3H3. The molecule has 5 aromatic rings. The van der Waals surface area contributed by atoms with Gasteiger partial charge >= 0.3 is 0 Å². The molecular formula is C22H19N5O3. The summed E-state index contributed by atoms with van der Waals surface area (Å²) < 4.78 is 18.1. The van der Waals surface area contributed by atoms with Crippen molar-refractivity contribution in [1.29, 1.82) is 0 Å². The van der Waals surface area contributed by atoms with Crippen LogP contribution in [0.2, 0.25) is 0 Å². The monoisotopic (exact) mass is 401 g/mol. The normalized spacial score (nSPS) is 11.2. The van der Waals surface area contributed by atoms with Gasteiger partial charge in [0.2, 0.25) is 5.75 Å². The van der Waals surface area contributed by atoms with E-state index in [1.54, 1.807) is 32.0 Å². The van der Waals surface area contributed by atoms with Gasteiger partial charge in [-0.25, -0.2) is 9.97 Å². The Morgan fingerprint density at radius 3 is 2.40 bits per heavy atom. The molecule has 0 saturated heterocycles. The summed E-state index contributed by atoms with van der Waals surface area (Å²) in [6.45, 7) is 0. The molecule has 0 aliphatic heterocycles. The first kappa shape index (κ1) is 18.0. The molecule has 5 rings (SSSR count). The van der Waals surface area contributed by atoms with Gasteiger partial charge in [0, 0.05) is 40.5 Å². The van der Waals surface area contributed by atoms with E-state index in [1.165, 1.54) is 0 Å². The lowest BCUT2D eigenvalue weighted by Gasteiger charge is -2.14. The molecule has 0 fully saturated rings. The first-order valence-electron chi connectivity index (χ1n) is 9.31. The van der Waals surface area contributed by atoms with Crippen molar-refractivity contribution in [2.75, 3.05) is 21.3 Å².